The number of primary amides is 1. The van der Waals surface area contributed by atoms with E-state index >= 15 is 0 Å². The molecule has 1 aliphatic rings. The molecule has 1 aromatic heterocycles. The van der Waals surface area contributed by atoms with Crippen LogP contribution in [0.25, 0.3) is 22.4 Å². The molecule has 0 saturated heterocycles. The molecule has 1 saturated carbocycles. The molecule has 1 fully saturated rings. The fraction of sp³-hybridized carbons (Fsp3) is 0.222. The van der Waals surface area contributed by atoms with Crippen LogP contribution in [0.3, 0.4) is 0 Å². The second kappa shape index (κ2) is 5.72. The van der Waals surface area contributed by atoms with Gasteiger partial charge in [-0.3, -0.25) is 4.79 Å². The van der Waals surface area contributed by atoms with E-state index in [9.17, 15) is 9.18 Å². The van der Waals surface area contributed by atoms with Gasteiger partial charge in [-0.05, 0) is 30.5 Å². The summed E-state index contributed by atoms with van der Waals surface area (Å²) in [5, 5.41) is 3.46. The van der Waals surface area contributed by atoms with Crippen LogP contribution >= 0.6 is 0 Å². The Bertz CT molecular complexity index is 913. The van der Waals surface area contributed by atoms with Gasteiger partial charge in [-0.25, -0.2) is 9.37 Å². The first kappa shape index (κ1) is 14.8. The number of hydrogen-bond acceptors (Lipinski definition) is 3. The number of H-pyrrole nitrogens is 1. The molecule has 0 bridgehead atoms. The van der Waals surface area contributed by atoms with Crippen LogP contribution in [0.2, 0.25) is 0 Å². The number of carbonyl (C=O) groups excluding carboxylic acids is 1. The van der Waals surface area contributed by atoms with Crippen LogP contribution in [0, 0.1) is 5.82 Å². The highest BCUT2D eigenvalue weighted by Gasteiger charge is 2.20. The number of aromatic nitrogens is 2. The fourth-order valence-corrected chi connectivity index (χ4v) is 2.75. The molecule has 1 aliphatic carbocycles. The largest absolute Gasteiger partial charge is 0.365 e. The summed E-state index contributed by atoms with van der Waals surface area (Å²) in [6.45, 7) is 0.849. The molecule has 6 heteroatoms. The van der Waals surface area contributed by atoms with Crippen molar-refractivity contribution in [1.29, 1.82) is 0 Å². The van der Waals surface area contributed by atoms with E-state index in [1.54, 1.807) is 6.07 Å². The van der Waals surface area contributed by atoms with E-state index < -0.39 is 11.7 Å². The molecule has 0 atom stereocenters. The molecule has 1 heterocycles. The number of fused-ring (bicyclic) bond motifs is 1. The maximum atomic E-state index is 13.8. The lowest BCUT2D eigenvalue weighted by atomic mass is 10.1. The zero-order valence-electron chi connectivity index (χ0n) is 13.0. The summed E-state index contributed by atoms with van der Waals surface area (Å²) in [6.07, 6.45) is 2.52. The Morgan fingerprint density at radius 3 is 2.67 bits per heavy atom. The zero-order valence-corrected chi connectivity index (χ0v) is 13.0. The van der Waals surface area contributed by atoms with Crippen LogP contribution in [-0.4, -0.2) is 21.9 Å². The molecule has 3 aromatic rings. The van der Waals surface area contributed by atoms with Crippen molar-refractivity contribution in [2.45, 2.75) is 25.4 Å². The van der Waals surface area contributed by atoms with Crippen molar-refractivity contribution in [2.75, 3.05) is 0 Å². The molecule has 0 spiro atoms. The third-order valence-corrected chi connectivity index (χ3v) is 4.25. The molecule has 24 heavy (non-hydrogen) atoms. The number of nitrogens with two attached hydrogens (primary N) is 1. The second-order valence-corrected chi connectivity index (χ2v) is 6.12. The van der Waals surface area contributed by atoms with Crippen molar-refractivity contribution in [3.63, 3.8) is 0 Å². The van der Waals surface area contributed by atoms with E-state index in [4.69, 9.17) is 5.73 Å². The summed E-state index contributed by atoms with van der Waals surface area (Å²) >= 11 is 0. The summed E-state index contributed by atoms with van der Waals surface area (Å²) < 4.78 is 13.8. The Hall–Kier alpha value is -2.73. The molecule has 4 rings (SSSR count). The number of aromatic amines is 1. The quantitative estimate of drug-likeness (QED) is 0.675. The number of halogens is 1. The highest BCUT2D eigenvalue weighted by atomic mass is 19.1. The van der Waals surface area contributed by atoms with Crippen LogP contribution in [0.1, 0.15) is 28.8 Å². The summed E-state index contributed by atoms with van der Waals surface area (Å²) in [7, 11) is 0. The van der Waals surface area contributed by atoms with E-state index in [0.29, 0.717) is 17.4 Å². The van der Waals surface area contributed by atoms with Gasteiger partial charge < -0.3 is 16.0 Å². The first-order valence-corrected chi connectivity index (χ1v) is 7.92. The molecular formula is C18H17FN4O. The van der Waals surface area contributed by atoms with Gasteiger partial charge in [0, 0.05) is 18.2 Å². The topological polar surface area (TPSA) is 83.8 Å². The SMILES string of the molecule is NC(=O)c1c(F)ccc2[nH]c(-c3ccc(CNC4CC4)cc3)nc12. The molecule has 4 N–H and O–H groups in total. The Labute approximate surface area is 138 Å². The molecule has 122 valence electrons. The first-order chi connectivity index (χ1) is 11.6. The van der Waals surface area contributed by atoms with Crippen molar-refractivity contribution in [1.82, 2.24) is 15.3 Å². The van der Waals surface area contributed by atoms with E-state index in [2.05, 4.69) is 15.3 Å². The van der Waals surface area contributed by atoms with Crippen molar-refractivity contribution in [3.8, 4) is 11.4 Å². The molecular weight excluding hydrogens is 307 g/mol. The monoisotopic (exact) mass is 324 g/mol. The Morgan fingerprint density at radius 2 is 2.00 bits per heavy atom. The molecule has 1 amide bonds. The summed E-state index contributed by atoms with van der Waals surface area (Å²) in [6, 6.07) is 11.4. The number of hydrogen-bond donors (Lipinski definition) is 3. The van der Waals surface area contributed by atoms with Crippen LogP contribution in [-0.2, 0) is 6.54 Å². The van der Waals surface area contributed by atoms with E-state index in [0.717, 1.165) is 12.1 Å². The lowest BCUT2D eigenvalue weighted by molar-refractivity contribution is 0.0998. The lowest BCUT2D eigenvalue weighted by Crippen LogP contribution is -2.15. The summed E-state index contributed by atoms with van der Waals surface area (Å²) in [5.41, 5.74) is 8.01. The van der Waals surface area contributed by atoms with Crippen molar-refractivity contribution in [2.24, 2.45) is 5.73 Å². The van der Waals surface area contributed by atoms with Gasteiger partial charge in [0.15, 0.2) is 0 Å². The third-order valence-electron chi connectivity index (χ3n) is 4.25. The van der Waals surface area contributed by atoms with E-state index in [1.165, 1.54) is 24.5 Å². The van der Waals surface area contributed by atoms with Gasteiger partial charge >= 0.3 is 0 Å². The standard InChI is InChI=1S/C18H17FN4O/c19-13-7-8-14-16(15(13)17(20)24)23-18(22-14)11-3-1-10(2-4-11)9-21-12-5-6-12/h1-4,7-8,12,21H,5-6,9H2,(H2,20,24)(H,22,23). The van der Waals surface area contributed by atoms with Gasteiger partial charge in [0.2, 0.25) is 0 Å². The third kappa shape index (κ3) is 2.76. The predicted octanol–water partition coefficient (Wildman–Crippen LogP) is 2.72. The Morgan fingerprint density at radius 1 is 1.25 bits per heavy atom. The fourth-order valence-electron chi connectivity index (χ4n) is 2.75. The van der Waals surface area contributed by atoms with Crippen LogP contribution in [0.5, 0.6) is 0 Å². The van der Waals surface area contributed by atoms with Crippen LogP contribution in [0.15, 0.2) is 36.4 Å². The number of benzene rings is 2. The second-order valence-electron chi connectivity index (χ2n) is 6.12. The summed E-state index contributed by atoms with van der Waals surface area (Å²) in [4.78, 5) is 19.0. The first-order valence-electron chi connectivity index (χ1n) is 7.92. The number of amides is 1. The average molecular weight is 324 g/mol. The van der Waals surface area contributed by atoms with Gasteiger partial charge in [-0.1, -0.05) is 24.3 Å². The van der Waals surface area contributed by atoms with Crippen LogP contribution in [0.4, 0.5) is 4.39 Å². The van der Waals surface area contributed by atoms with Gasteiger partial charge in [-0.2, -0.15) is 0 Å². The van der Waals surface area contributed by atoms with Gasteiger partial charge in [0.05, 0.1) is 5.52 Å². The number of nitrogens with zero attached hydrogens (tertiary/aromatic N) is 1. The minimum atomic E-state index is -0.822. The number of imidazole rings is 1. The molecule has 0 radical (unpaired) electrons. The molecule has 0 unspecified atom stereocenters. The minimum absolute atomic E-state index is 0.180. The summed E-state index contributed by atoms with van der Waals surface area (Å²) in [5.74, 6) is -0.896. The Balaban J connectivity index is 1.66. The number of rotatable bonds is 5. The molecule has 2 aromatic carbocycles. The van der Waals surface area contributed by atoms with Crippen LogP contribution < -0.4 is 11.1 Å². The highest BCUT2D eigenvalue weighted by molar-refractivity contribution is 6.04. The number of carbonyl (C=O) groups is 1. The van der Waals surface area contributed by atoms with Gasteiger partial charge in [-0.15, -0.1) is 0 Å². The molecule has 5 nitrogen and oxygen atoms in total. The lowest BCUT2D eigenvalue weighted by Gasteiger charge is -2.03. The van der Waals surface area contributed by atoms with Gasteiger partial charge in [0.1, 0.15) is 22.7 Å². The minimum Gasteiger partial charge on any atom is -0.365 e. The van der Waals surface area contributed by atoms with Crippen molar-refractivity contribution in [3.05, 3.63) is 53.3 Å². The number of nitrogens with one attached hydrogen (secondary N) is 2. The maximum Gasteiger partial charge on any atom is 0.253 e. The zero-order chi connectivity index (χ0) is 16.7. The highest BCUT2D eigenvalue weighted by Crippen LogP contribution is 2.25. The Kier molecular flexibility index (Phi) is 3.54. The van der Waals surface area contributed by atoms with Gasteiger partial charge in [0.25, 0.3) is 5.91 Å². The molecule has 0 aliphatic heterocycles. The van der Waals surface area contributed by atoms with E-state index in [1.807, 2.05) is 24.3 Å². The van der Waals surface area contributed by atoms with Crippen molar-refractivity contribution >= 4 is 16.9 Å². The van der Waals surface area contributed by atoms with Crippen molar-refractivity contribution < 1.29 is 9.18 Å². The predicted molar refractivity (Wildman–Crippen MR) is 89.9 cm³/mol. The van der Waals surface area contributed by atoms with E-state index in [-0.39, 0.29) is 11.1 Å². The maximum absolute atomic E-state index is 13.8. The normalized spacial score (nSPS) is 14.2. The smallest absolute Gasteiger partial charge is 0.253 e. The average Bonchev–Trinajstić information content (AvgIpc) is 3.30.